The Morgan fingerprint density at radius 2 is 2.23 bits per heavy atom. The number of nitrogens with one attached hydrogen (secondary N) is 2. The molecule has 1 aliphatic heterocycles. The first-order valence-electron chi connectivity index (χ1n) is 7.92. The second kappa shape index (κ2) is 8.03. The van der Waals surface area contributed by atoms with Crippen LogP contribution in [-0.4, -0.2) is 38.8 Å². The first-order chi connectivity index (χ1) is 10.6. The van der Waals surface area contributed by atoms with Crippen LogP contribution in [-0.2, 0) is 0 Å². The zero-order chi connectivity index (χ0) is 15.9. The third-order valence-electron chi connectivity index (χ3n) is 3.63. The van der Waals surface area contributed by atoms with E-state index in [1.807, 2.05) is 0 Å². The van der Waals surface area contributed by atoms with Crippen LogP contribution in [0.3, 0.4) is 0 Å². The highest BCUT2D eigenvalue weighted by molar-refractivity contribution is 5.95. The highest BCUT2D eigenvalue weighted by Gasteiger charge is 2.17. The number of carbonyl (C=O) groups is 1. The Morgan fingerprint density at radius 1 is 1.41 bits per heavy atom. The van der Waals surface area contributed by atoms with Crippen LogP contribution >= 0.6 is 0 Å². The van der Waals surface area contributed by atoms with Crippen LogP contribution in [0.15, 0.2) is 18.2 Å². The van der Waals surface area contributed by atoms with E-state index < -0.39 is 0 Å². The van der Waals surface area contributed by atoms with Gasteiger partial charge in [-0.3, -0.25) is 4.79 Å². The molecule has 0 aliphatic carbocycles. The van der Waals surface area contributed by atoms with Crippen LogP contribution in [0, 0.1) is 5.92 Å². The number of hydrogen-bond acceptors (Lipinski definition) is 4. The van der Waals surface area contributed by atoms with E-state index in [2.05, 4.69) is 24.5 Å². The number of amides is 1. The van der Waals surface area contributed by atoms with Crippen molar-refractivity contribution in [3.8, 4) is 11.5 Å². The summed E-state index contributed by atoms with van der Waals surface area (Å²) in [6.07, 6.45) is 2.11. The maximum atomic E-state index is 12.3. The minimum atomic E-state index is -0.0672. The summed E-state index contributed by atoms with van der Waals surface area (Å²) >= 11 is 0. The Kier molecular flexibility index (Phi) is 6.07. The van der Waals surface area contributed by atoms with E-state index in [4.69, 9.17) is 9.47 Å². The molecule has 0 saturated carbocycles. The summed E-state index contributed by atoms with van der Waals surface area (Å²) in [6, 6.07) is 5.52. The number of rotatable bonds is 6. The molecule has 1 atom stereocenters. The van der Waals surface area contributed by atoms with Gasteiger partial charge in [-0.15, -0.1) is 0 Å². The Bertz CT molecular complexity index is 497. The average molecular weight is 306 g/mol. The monoisotopic (exact) mass is 306 g/mol. The summed E-state index contributed by atoms with van der Waals surface area (Å²) in [5.74, 6) is 1.64. The summed E-state index contributed by atoms with van der Waals surface area (Å²) in [6.45, 7) is 6.66. The lowest BCUT2D eigenvalue weighted by Gasteiger charge is -2.24. The van der Waals surface area contributed by atoms with Gasteiger partial charge in [-0.25, -0.2) is 0 Å². The highest BCUT2D eigenvalue weighted by Crippen LogP contribution is 2.28. The SMILES string of the molecule is COc1cc(C(=O)N[C@H]2CCCNC2)ccc1OCC(C)C. The lowest BCUT2D eigenvalue weighted by Crippen LogP contribution is -2.45. The van der Waals surface area contributed by atoms with Gasteiger partial charge in [-0.1, -0.05) is 13.8 Å². The van der Waals surface area contributed by atoms with Gasteiger partial charge in [0, 0.05) is 18.2 Å². The van der Waals surface area contributed by atoms with Crippen LogP contribution in [0.1, 0.15) is 37.0 Å². The predicted octanol–water partition coefficient (Wildman–Crippen LogP) is 2.21. The largest absolute Gasteiger partial charge is 0.493 e. The van der Waals surface area contributed by atoms with Crippen molar-refractivity contribution >= 4 is 5.91 Å². The first-order valence-corrected chi connectivity index (χ1v) is 7.92. The summed E-state index contributed by atoms with van der Waals surface area (Å²) in [4.78, 5) is 12.3. The number of piperidine rings is 1. The Labute approximate surface area is 132 Å². The number of carbonyl (C=O) groups excluding carboxylic acids is 1. The van der Waals surface area contributed by atoms with Gasteiger partial charge >= 0.3 is 0 Å². The third kappa shape index (κ3) is 4.63. The molecule has 1 aliphatic rings. The van der Waals surface area contributed by atoms with Gasteiger partial charge in [-0.2, -0.15) is 0 Å². The van der Waals surface area contributed by atoms with E-state index in [1.54, 1.807) is 25.3 Å². The summed E-state index contributed by atoms with van der Waals surface area (Å²) in [7, 11) is 1.59. The third-order valence-corrected chi connectivity index (χ3v) is 3.63. The van der Waals surface area contributed by atoms with Crippen LogP contribution in [0.2, 0.25) is 0 Å². The fourth-order valence-electron chi connectivity index (χ4n) is 2.43. The van der Waals surface area contributed by atoms with Gasteiger partial charge < -0.3 is 20.1 Å². The summed E-state index contributed by atoms with van der Waals surface area (Å²) in [5, 5.41) is 6.35. The summed E-state index contributed by atoms with van der Waals surface area (Å²) < 4.78 is 11.0. The van der Waals surface area contributed by atoms with Crippen molar-refractivity contribution in [2.45, 2.75) is 32.7 Å². The van der Waals surface area contributed by atoms with E-state index in [9.17, 15) is 4.79 Å². The smallest absolute Gasteiger partial charge is 0.251 e. The molecule has 0 radical (unpaired) electrons. The molecule has 2 rings (SSSR count). The Balaban J connectivity index is 2.02. The van der Waals surface area contributed by atoms with Crippen molar-refractivity contribution in [3.63, 3.8) is 0 Å². The van der Waals surface area contributed by atoms with E-state index in [1.165, 1.54) is 0 Å². The standard InChI is InChI=1S/C17H26N2O3/c1-12(2)11-22-15-7-6-13(9-16(15)21-3)17(20)19-14-5-4-8-18-10-14/h6-7,9,12,14,18H,4-5,8,10-11H2,1-3H3,(H,19,20)/t14-/m0/s1. The maximum Gasteiger partial charge on any atom is 0.251 e. The van der Waals surface area contributed by atoms with Gasteiger partial charge in [0.1, 0.15) is 0 Å². The lowest BCUT2D eigenvalue weighted by molar-refractivity contribution is 0.0930. The Hall–Kier alpha value is -1.75. The minimum absolute atomic E-state index is 0.0672. The molecule has 1 heterocycles. The quantitative estimate of drug-likeness (QED) is 0.846. The van der Waals surface area contributed by atoms with Crippen molar-refractivity contribution in [2.75, 3.05) is 26.8 Å². The summed E-state index contributed by atoms with van der Waals surface area (Å²) in [5.41, 5.74) is 0.597. The van der Waals surface area contributed by atoms with E-state index in [-0.39, 0.29) is 11.9 Å². The van der Waals surface area contributed by atoms with Gasteiger partial charge in [0.25, 0.3) is 5.91 Å². The molecule has 1 fully saturated rings. The molecule has 2 N–H and O–H groups in total. The fraction of sp³-hybridized carbons (Fsp3) is 0.588. The first kappa shape index (κ1) is 16.6. The fourth-order valence-corrected chi connectivity index (χ4v) is 2.43. The molecule has 5 nitrogen and oxygen atoms in total. The van der Waals surface area contributed by atoms with Gasteiger partial charge in [-0.05, 0) is 43.5 Å². The second-order valence-corrected chi connectivity index (χ2v) is 6.09. The van der Waals surface area contributed by atoms with Crippen LogP contribution in [0.4, 0.5) is 0 Å². The molecular formula is C17H26N2O3. The molecule has 0 unspecified atom stereocenters. The van der Waals surface area contributed by atoms with Gasteiger partial charge in [0.15, 0.2) is 11.5 Å². The van der Waals surface area contributed by atoms with Crippen molar-refractivity contribution < 1.29 is 14.3 Å². The topological polar surface area (TPSA) is 59.6 Å². The minimum Gasteiger partial charge on any atom is -0.493 e. The second-order valence-electron chi connectivity index (χ2n) is 6.09. The number of hydrogen-bond donors (Lipinski definition) is 2. The number of methoxy groups -OCH3 is 1. The Morgan fingerprint density at radius 3 is 2.86 bits per heavy atom. The molecule has 0 spiro atoms. The molecule has 1 aromatic carbocycles. The van der Waals surface area contributed by atoms with Crippen LogP contribution < -0.4 is 20.1 Å². The average Bonchev–Trinajstić information content (AvgIpc) is 2.53. The lowest BCUT2D eigenvalue weighted by atomic mass is 10.1. The molecule has 0 bridgehead atoms. The molecule has 122 valence electrons. The van der Waals surface area contributed by atoms with E-state index in [0.717, 1.165) is 25.9 Å². The van der Waals surface area contributed by atoms with Crippen LogP contribution in [0.5, 0.6) is 11.5 Å². The maximum absolute atomic E-state index is 12.3. The van der Waals surface area contributed by atoms with Crippen molar-refractivity contribution in [2.24, 2.45) is 5.92 Å². The molecule has 5 heteroatoms. The molecule has 1 amide bonds. The molecule has 1 aromatic rings. The number of ether oxygens (including phenoxy) is 2. The molecular weight excluding hydrogens is 280 g/mol. The van der Waals surface area contributed by atoms with E-state index in [0.29, 0.717) is 29.6 Å². The zero-order valence-electron chi connectivity index (χ0n) is 13.6. The normalized spacial score (nSPS) is 18.1. The van der Waals surface area contributed by atoms with Crippen molar-refractivity contribution in [1.82, 2.24) is 10.6 Å². The van der Waals surface area contributed by atoms with Gasteiger partial charge in [0.2, 0.25) is 0 Å². The van der Waals surface area contributed by atoms with Crippen molar-refractivity contribution in [1.29, 1.82) is 0 Å². The van der Waals surface area contributed by atoms with Gasteiger partial charge in [0.05, 0.1) is 13.7 Å². The van der Waals surface area contributed by atoms with Crippen LogP contribution in [0.25, 0.3) is 0 Å². The molecule has 1 saturated heterocycles. The predicted molar refractivity (Wildman–Crippen MR) is 86.7 cm³/mol. The zero-order valence-corrected chi connectivity index (χ0v) is 13.6. The molecule has 22 heavy (non-hydrogen) atoms. The molecule has 0 aromatic heterocycles. The van der Waals surface area contributed by atoms with Crippen molar-refractivity contribution in [3.05, 3.63) is 23.8 Å². The van der Waals surface area contributed by atoms with E-state index >= 15 is 0 Å². The number of benzene rings is 1. The highest BCUT2D eigenvalue weighted by atomic mass is 16.5.